The van der Waals surface area contributed by atoms with Gasteiger partial charge in [-0.05, 0) is 30.9 Å². The van der Waals surface area contributed by atoms with Crippen LogP contribution in [-0.2, 0) is 0 Å². The summed E-state index contributed by atoms with van der Waals surface area (Å²) in [6, 6.07) is 8.29. The highest BCUT2D eigenvalue weighted by Crippen LogP contribution is 2.23. The van der Waals surface area contributed by atoms with Gasteiger partial charge in [-0.3, -0.25) is 0 Å². The van der Waals surface area contributed by atoms with Crippen molar-refractivity contribution < 1.29 is 0 Å². The summed E-state index contributed by atoms with van der Waals surface area (Å²) in [5, 5.41) is 0. The molecule has 0 aliphatic carbocycles. The first-order chi connectivity index (χ1) is 6.79. The first-order valence-corrected chi connectivity index (χ1v) is 5.27. The van der Waals surface area contributed by atoms with Crippen molar-refractivity contribution in [1.82, 2.24) is 0 Å². The number of aryl methyl sites for hydroxylation is 1. The molecular weight excluding hydrogens is 168 g/mol. The summed E-state index contributed by atoms with van der Waals surface area (Å²) >= 11 is 0. The van der Waals surface area contributed by atoms with Crippen LogP contribution in [0.2, 0.25) is 0 Å². The van der Waals surface area contributed by atoms with Gasteiger partial charge < -0.3 is 0 Å². The van der Waals surface area contributed by atoms with E-state index in [1.165, 1.54) is 24.0 Å². The van der Waals surface area contributed by atoms with E-state index < -0.39 is 0 Å². The highest BCUT2D eigenvalue weighted by Gasteiger charge is 2.09. The molecule has 0 fully saturated rings. The molecule has 0 nitrogen and oxygen atoms in total. The van der Waals surface area contributed by atoms with E-state index in [2.05, 4.69) is 31.9 Å². The van der Waals surface area contributed by atoms with Gasteiger partial charge in [0.05, 0.1) is 0 Å². The number of hydrogen-bond donors (Lipinski definition) is 0. The maximum Gasteiger partial charge on any atom is 0.0465 e. The molecule has 1 unspecified atom stereocenters. The van der Waals surface area contributed by atoms with E-state index in [4.69, 9.17) is 6.42 Å². The van der Waals surface area contributed by atoms with Gasteiger partial charge in [0.2, 0.25) is 0 Å². The van der Waals surface area contributed by atoms with Crippen LogP contribution in [0.15, 0.2) is 24.3 Å². The van der Waals surface area contributed by atoms with Gasteiger partial charge in [-0.2, -0.15) is 0 Å². The van der Waals surface area contributed by atoms with E-state index >= 15 is 0 Å². The Balaban J connectivity index is 2.80. The highest BCUT2D eigenvalue weighted by molar-refractivity contribution is 5.33. The van der Waals surface area contributed by atoms with Gasteiger partial charge in [0.1, 0.15) is 0 Å². The van der Waals surface area contributed by atoms with E-state index in [9.17, 15) is 0 Å². The summed E-state index contributed by atoms with van der Waals surface area (Å²) < 4.78 is 0. The van der Waals surface area contributed by atoms with Crippen molar-refractivity contribution in [3.05, 3.63) is 41.8 Å². The van der Waals surface area contributed by atoms with E-state index in [0.29, 0.717) is 0 Å². The lowest BCUT2D eigenvalue weighted by Crippen LogP contribution is -1.98. The lowest BCUT2D eigenvalue weighted by molar-refractivity contribution is 0.673. The van der Waals surface area contributed by atoms with Gasteiger partial charge >= 0.3 is 0 Å². The summed E-state index contributed by atoms with van der Waals surface area (Å²) in [4.78, 5) is 0. The molecular formula is C14H17. The Labute approximate surface area is 87.4 Å². The van der Waals surface area contributed by atoms with Crippen molar-refractivity contribution >= 4 is 0 Å². The van der Waals surface area contributed by atoms with Crippen LogP contribution in [0.25, 0.3) is 0 Å². The normalized spacial score (nSPS) is 12.1. The van der Waals surface area contributed by atoms with Crippen LogP contribution in [0.5, 0.6) is 0 Å². The van der Waals surface area contributed by atoms with Gasteiger partial charge in [0.15, 0.2) is 0 Å². The second-order valence-corrected chi connectivity index (χ2v) is 3.70. The van der Waals surface area contributed by atoms with E-state index in [0.717, 1.165) is 6.42 Å². The standard InChI is InChI=1S/C14H17/c1-4-6-10-13(5-2)14-11-8-7-9-12(14)3/h7-9,11,13H,4,6,10H2,1,3H3. The molecule has 14 heavy (non-hydrogen) atoms. The Bertz CT molecular complexity index is 317. The molecule has 1 aromatic rings. The predicted molar refractivity (Wildman–Crippen MR) is 60.6 cm³/mol. The summed E-state index contributed by atoms with van der Waals surface area (Å²) in [6.45, 7) is 4.28. The van der Waals surface area contributed by atoms with Crippen molar-refractivity contribution in [3.8, 4) is 5.92 Å². The Morgan fingerprint density at radius 2 is 2.07 bits per heavy atom. The summed E-state index contributed by atoms with van der Waals surface area (Å²) in [5.41, 5.74) is 2.53. The molecule has 0 aliphatic heterocycles. The molecule has 0 heterocycles. The molecule has 0 N–H and O–H groups in total. The second kappa shape index (κ2) is 5.50. The largest absolute Gasteiger partial charge is 0.0809 e. The molecule has 0 amide bonds. The minimum absolute atomic E-state index is 0.191. The van der Waals surface area contributed by atoms with E-state index in [1.54, 1.807) is 0 Å². The van der Waals surface area contributed by atoms with E-state index in [-0.39, 0.29) is 5.92 Å². The number of benzene rings is 1. The van der Waals surface area contributed by atoms with Gasteiger partial charge in [0.25, 0.3) is 0 Å². The van der Waals surface area contributed by atoms with Crippen LogP contribution in [0, 0.1) is 19.3 Å². The lowest BCUT2D eigenvalue weighted by atomic mass is 9.91. The minimum Gasteiger partial charge on any atom is -0.0809 e. The monoisotopic (exact) mass is 185 g/mol. The second-order valence-electron chi connectivity index (χ2n) is 3.70. The molecule has 1 rings (SSSR count). The van der Waals surface area contributed by atoms with Crippen LogP contribution in [-0.4, -0.2) is 0 Å². The third-order valence-corrected chi connectivity index (χ3v) is 2.58. The molecule has 0 aliphatic rings. The van der Waals surface area contributed by atoms with Crippen molar-refractivity contribution in [2.24, 2.45) is 0 Å². The van der Waals surface area contributed by atoms with Crippen molar-refractivity contribution in [3.63, 3.8) is 0 Å². The first kappa shape index (κ1) is 10.9. The fourth-order valence-electron chi connectivity index (χ4n) is 1.69. The molecule has 0 saturated carbocycles. The topological polar surface area (TPSA) is 0 Å². The zero-order valence-corrected chi connectivity index (χ0v) is 9.01. The fraction of sp³-hybridized carbons (Fsp3) is 0.429. The van der Waals surface area contributed by atoms with Gasteiger partial charge in [-0.1, -0.05) is 50.0 Å². The van der Waals surface area contributed by atoms with Crippen molar-refractivity contribution in [2.45, 2.75) is 39.0 Å². The Morgan fingerprint density at radius 3 is 2.64 bits per heavy atom. The maximum atomic E-state index is 7.32. The van der Waals surface area contributed by atoms with Crippen LogP contribution in [0.1, 0.15) is 43.2 Å². The molecule has 0 aromatic heterocycles. The van der Waals surface area contributed by atoms with Crippen molar-refractivity contribution in [1.29, 1.82) is 0 Å². The van der Waals surface area contributed by atoms with E-state index in [1.807, 2.05) is 12.1 Å². The Hall–Kier alpha value is -1.22. The quantitative estimate of drug-likeness (QED) is 0.625. The molecule has 0 saturated heterocycles. The summed E-state index contributed by atoms with van der Waals surface area (Å²) in [7, 11) is 0. The average molecular weight is 185 g/mol. The number of rotatable bonds is 4. The maximum absolute atomic E-state index is 7.32. The zero-order valence-electron chi connectivity index (χ0n) is 9.01. The summed E-state index contributed by atoms with van der Waals surface area (Å²) in [6.07, 6.45) is 10.7. The SMILES string of the molecule is [C]#CC(CCCC)c1ccccc1C. The fourth-order valence-corrected chi connectivity index (χ4v) is 1.69. The third kappa shape index (κ3) is 2.64. The van der Waals surface area contributed by atoms with Crippen LogP contribution in [0.3, 0.4) is 0 Å². The van der Waals surface area contributed by atoms with Crippen LogP contribution >= 0.6 is 0 Å². The molecule has 0 spiro atoms. The Kier molecular flexibility index (Phi) is 4.26. The summed E-state index contributed by atoms with van der Waals surface area (Å²) in [5.74, 6) is 2.83. The molecule has 0 heteroatoms. The van der Waals surface area contributed by atoms with Crippen molar-refractivity contribution in [2.75, 3.05) is 0 Å². The minimum atomic E-state index is 0.191. The van der Waals surface area contributed by atoms with Gasteiger partial charge in [-0.25, -0.2) is 0 Å². The average Bonchev–Trinajstić information content (AvgIpc) is 2.21. The van der Waals surface area contributed by atoms with Gasteiger partial charge in [0, 0.05) is 5.92 Å². The lowest BCUT2D eigenvalue weighted by Gasteiger charge is -2.12. The number of hydrogen-bond acceptors (Lipinski definition) is 0. The number of unbranched alkanes of at least 4 members (excludes halogenated alkanes) is 1. The Morgan fingerprint density at radius 1 is 1.36 bits per heavy atom. The first-order valence-electron chi connectivity index (χ1n) is 5.27. The van der Waals surface area contributed by atoms with Crippen LogP contribution in [0.4, 0.5) is 0 Å². The highest BCUT2D eigenvalue weighted by atomic mass is 14.1. The molecule has 0 bridgehead atoms. The predicted octanol–water partition coefficient (Wildman–Crippen LogP) is 3.86. The molecule has 1 atom stereocenters. The molecule has 1 radical (unpaired) electrons. The molecule has 73 valence electrons. The zero-order chi connectivity index (χ0) is 10.4. The smallest absolute Gasteiger partial charge is 0.0465 e. The third-order valence-electron chi connectivity index (χ3n) is 2.58. The van der Waals surface area contributed by atoms with Crippen LogP contribution < -0.4 is 0 Å². The van der Waals surface area contributed by atoms with Gasteiger partial charge in [-0.15, -0.1) is 0 Å². The molecule has 1 aromatic carbocycles.